The van der Waals surface area contributed by atoms with Crippen LogP contribution in [-0.2, 0) is 9.47 Å². The average molecular weight is 709 g/mol. The molecule has 8 N–H and O–H groups in total. The number of aliphatic hydroxyl groups is 8. The van der Waals surface area contributed by atoms with Gasteiger partial charge in [0, 0.05) is 39.0 Å². The van der Waals surface area contributed by atoms with Crippen molar-refractivity contribution in [3.8, 4) is 11.5 Å². The van der Waals surface area contributed by atoms with E-state index in [1.807, 2.05) is 0 Å². The summed E-state index contributed by atoms with van der Waals surface area (Å²) in [5.74, 6) is -1.84. The molecule has 272 valence electrons. The number of allylic oxidation sites excluding steroid dienone is 4. The molecule has 11 atom stereocenters. The molecule has 51 heavy (non-hydrogen) atoms. The highest BCUT2D eigenvalue weighted by atomic mass is 16.7. The molecule has 3 aromatic carbocycles. The van der Waals surface area contributed by atoms with Crippen LogP contribution in [0.1, 0.15) is 46.0 Å². The van der Waals surface area contributed by atoms with Gasteiger partial charge in [0.15, 0.2) is 11.6 Å². The van der Waals surface area contributed by atoms with Crippen molar-refractivity contribution in [2.75, 3.05) is 13.2 Å². The second-order valence-corrected chi connectivity index (χ2v) is 13.0. The van der Waals surface area contributed by atoms with Crippen molar-refractivity contribution in [1.82, 2.24) is 0 Å². The van der Waals surface area contributed by atoms with Crippen LogP contribution in [0.15, 0.2) is 77.9 Å². The maximum Gasteiger partial charge on any atom is 0.229 e. The minimum absolute atomic E-state index is 0.0126. The fourth-order valence-corrected chi connectivity index (χ4v) is 6.61. The lowest BCUT2D eigenvalue weighted by Crippen LogP contribution is -2.60. The quantitative estimate of drug-likeness (QED) is 0.139. The Morgan fingerprint density at radius 1 is 0.725 bits per heavy atom. The van der Waals surface area contributed by atoms with E-state index in [1.54, 1.807) is 68.5 Å². The molecular weight excluding hydrogens is 668 g/mol. The first-order valence-corrected chi connectivity index (χ1v) is 16.4. The smallest absolute Gasteiger partial charge is 0.229 e. The van der Waals surface area contributed by atoms with E-state index >= 15 is 0 Å². The molecule has 2 fully saturated rings. The Kier molecular flexibility index (Phi) is 10.7. The Hall–Kier alpha value is -4.06. The van der Waals surface area contributed by atoms with Crippen LogP contribution in [0.4, 0.5) is 0 Å². The lowest BCUT2D eigenvalue weighted by molar-refractivity contribution is -0.277. The van der Waals surface area contributed by atoms with Gasteiger partial charge in [-0.2, -0.15) is 0 Å². The Bertz CT molecular complexity index is 1850. The van der Waals surface area contributed by atoms with Crippen LogP contribution in [0, 0.1) is 0 Å². The average Bonchev–Trinajstić information content (AvgIpc) is 3.13. The summed E-state index contributed by atoms with van der Waals surface area (Å²) in [6, 6.07) is 14.4. The lowest BCUT2D eigenvalue weighted by Gasteiger charge is -2.40. The molecule has 3 aliphatic rings. The molecule has 1 aliphatic carbocycles. The molecule has 2 aliphatic heterocycles. The van der Waals surface area contributed by atoms with Gasteiger partial charge in [0.1, 0.15) is 60.3 Å². The van der Waals surface area contributed by atoms with Gasteiger partial charge in [0.05, 0.1) is 13.2 Å². The van der Waals surface area contributed by atoms with Crippen LogP contribution >= 0.6 is 0 Å². The molecule has 6 rings (SSSR count). The third kappa shape index (κ3) is 6.83. The molecule has 2 heterocycles. The second-order valence-electron chi connectivity index (χ2n) is 13.0. The predicted octanol–water partition coefficient (Wildman–Crippen LogP) is 0.253. The van der Waals surface area contributed by atoms with Gasteiger partial charge in [-0.1, -0.05) is 60.2 Å². The molecule has 14 nitrogen and oxygen atoms in total. The maximum absolute atomic E-state index is 14.1. The third-order valence-corrected chi connectivity index (χ3v) is 9.32. The fraction of sp³-hybridized carbons (Fsp3) is 0.405. The van der Waals surface area contributed by atoms with E-state index in [4.69, 9.17) is 18.9 Å². The summed E-state index contributed by atoms with van der Waals surface area (Å²) in [7, 11) is 0. The Labute approximate surface area is 292 Å². The highest BCUT2D eigenvalue weighted by Gasteiger charge is 2.47. The summed E-state index contributed by atoms with van der Waals surface area (Å²) in [6.07, 6.45) is -13.2. The molecule has 0 aromatic heterocycles. The van der Waals surface area contributed by atoms with Crippen LogP contribution in [0.2, 0.25) is 0 Å². The van der Waals surface area contributed by atoms with Gasteiger partial charge in [-0.25, -0.2) is 0 Å². The van der Waals surface area contributed by atoms with Gasteiger partial charge in [0.2, 0.25) is 12.6 Å². The third-order valence-electron chi connectivity index (χ3n) is 9.32. The van der Waals surface area contributed by atoms with Crippen molar-refractivity contribution < 1.29 is 69.4 Å². The molecule has 0 radical (unpaired) electrons. The van der Waals surface area contributed by atoms with Gasteiger partial charge in [-0.05, 0) is 26.0 Å². The normalized spacial score (nSPS) is 31.5. The SMILES string of the molecule is CC(C)=CC(C1=CC(=O)c2ccccc2C1=O)c1cc(OC2OC(CO)C(O)C(O)C2O)c2ccccc2c1OC1OC(CO)C(O)C(O)C1O. The summed E-state index contributed by atoms with van der Waals surface area (Å²) in [6.45, 7) is 2.15. The molecular formula is C37H40O14. The van der Waals surface area contributed by atoms with Crippen molar-refractivity contribution in [2.45, 2.75) is 81.2 Å². The van der Waals surface area contributed by atoms with E-state index in [9.17, 15) is 50.4 Å². The van der Waals surface area contributed by atoms with Crippen LogP contribution in [0.3, 0.4) is 0 Å². The first-order chi connectivity index (χ1) is 24.4. The maximum atomic E-state index is 14.1. The number of rotatable bonds is 9. The minimum atomic E-state index is -1.80. The molecule has 14 heteroatoms. The zero-order chi connectivity index (χ0) is 36.7. The number of hydrogen-bond donors (Lipinski definition) is 8. The molecule has 11 unspecified atom stereocenters. The van der Waals surface area contributed by atoms with Crippen molar-refractivity contribution in [2.24, 2.45) is 0 Å². The van der Waals surface area contributed by atoms with Crippen LogP contribution in [0.25, 0.3) is 10.8 Å². The Morgan fingerprint density at radius 3 is 1.82 bits per heavy atom. The fourth-order valence-electron chi connectivity index (χ4n) is 6.61. The van der Waals surface area contributed by atoms with Crippen molar-refractivity contribution >= 4 is 22.3 Å². The number of aliphatic hydroxyl groups excluding tert-OH is 8. The number of benzene rings is 3. The van der Waals surface area contributed by atoms with Crippen molar-refractivity contribution in [3.63, 3.8) is 0 Å². The van der Waals surface area contributed by atoms with Gasteiger partial charge in [-0.15, -0.1) is 0 Å². The highest BCUT2D eigenvalue weighted by Crippen LogP contribution is 2.46. The number of fused-ring (bicyclic) bond motifs is 2. The molecule has 2 saturated heterocycles. The van der Waals surface area contributed by atoms with E-state index in [0.29, 0.717) is 10.8 Å². The zero-order valence-electron chi connectivity index (χ0n) is 27.6. The van der Waals surface area contributed by atoms with Crippen molar-refractivity contribution in [3.05, 3.63) is 94.6 Å². The van der Waals surface area contributed by atoms with Crippen LogP contribution in [-0.4, -0.2) is 127 Å². The summed E-state index contributed by atoms with van der Waals surface area (Å²) >= 11 is 0. The first kappa shape index (κ1) is 36.7. The van der Waals surface area contributed by atoms with Crippen LogP contribution in [0.5, 0.6) is 11.5 Å². The Balaban J connectivity index is 1.56. The largest absolute Gasteiger partial charge is 0.461 e. The summed E-state index contributed by atoms with van der Waals surface area (Å²) < 4.78 is 23.8. The molecule has 0 amide bonds. The molecule has 0 saturated carbocycles. The molecule has 0 spiro atoms. The highest BCUT2D eigenvalue weighted by molar-refractivity contribution is 6.25. The summed E-state index contributed by atoms with van der Waals surface area (Å²) in [5, 5.41) is 83.8. The predicted molar refractivity (Wildman–Crippen MR) is 178 cm³/mol. The Morgan fingerprint density at radius 2 is 1.25 bits per heavy atom. The molecule has 3 aromatic rings. The van der Waals surface area contributed by atoms with E-state index in [0.717, 1.165) is 5.57 Å². The summed E-state index contributed by atoms with van der Waals surface area (Å²) in [5.41, 5.74) is 1.39. The number of ether oxygens (including phenoxy) is 4. The minimum Gasteiger partial charge on any atom is -0.461 e. The number of carbonyl (C=O) groups is 2. The van der Waals surface area contributed by atoms with E-state index < -0.39 is 92.1 Å². The van der Waals surface area contributed by atoms with Gasteiger partial charge in [0.25, 0.3) is 0 Å². The molecule has 0 bridgehead atoms. The summed E-state index contributed by atoms with van der Waals surface area (Å²) in [4.78, 5) is 27.5. The zero-order valence-corrected chi connectivity index (χ0v) is 27.6. The van der Waals surface area contributed by atoms with Gasteiger partial charge < -0.3 is 59.8 Å². The number of carbonyl (C=O) groups excluding carboxylic acids is 2. The van der Waals surface area contributed by atoms with E-state index in [-0.39, 0.29) is 33.8 Å². The number of ketones is 2. The van der Waals surface area contributed by atoms with E-state index in [1.165, 1.54) is 12.1 Å². The van der Waals surface area contributed by atoms with E-state index in [2.05, 4.69) is 0 Å². The monoisotopic (exact) mass is 708 g/mol. The number of hydrogen-bond acceptors (Lipinski definition) is 14. The van der Waals surface area contributed by atoms with Gasteiger partial charge in [-0.3, -0.25) is 9.59 Å². The first-order valence-electron chi connectivity index (χ1n) is 16.4. The lowest BCUT2D eigenvalue weighted by atomic mass is 9.79. The standard InChI is InChI=1S/C37H40O14/c1-16(2)11-21(22-12-24(40)17-7-3-5-9-19(17)28(22)41)23-13-25(48-36-33(46)31(44)29(42)26(14-38)49-36)18-8-4-6-10-20(18)35(23)51-37-34(47)32(45)30(43)27(15-39)50-37/h3-13,21,26-27,29-34,36-39,42-47H,14-15H2,1-2H3. The number of Topliss-reactive ketones (excluding diaryl/α,β-unsaturated/α-hetero) is 1. The van der Waals surface area contributed by atoms with Crippen molar-refractivity contribution in [1.29, 1.82) is 0 Å². The van der Waals surface area contributed by atoms with Crippen LogP contribution < -0.4 is 9.47 Å². The second kappa shape index (κ2) is 14.9. The van der Waals surface area contributed by atoms with Gasteiger partial charge >= 0.3 is 0 Å². The topological polar surface area (TPSA) is 233 Å².